The van der Waals surface area contributed by atoms with E-state index in [4.69, 9.17) is 14.2 Å². The number of aliphatic hydroxyl groups is 2. The van der Waals surface area contributed by atoms with Crippen molar-refractivity contribution in [2.45, 2.75) is 64.4 Å². The first-order valence-electron chi connectivity index (χ1n) is 16.1. The third kappa shape index (κ3) is 8.51. The molecule has 0 aromatic heterocycles. The fraction of sp³-hybridized carbons (Fsp3) is 0.444. The molecule has 2 fully saturated rings. The van der Waals surface area contributed by atoms with Crippen molar-refractivity contribution in [3.63, 3.8) is 0 Å². The van der Waals surface area contributed by atoms with E-state index in [0.29, 0.717) is 6.54 Å². The lowest BCUT2D eigenvalue weighted by Crippen LogP contribution is -2.46. The van der Waals surface area contributed by atoms with Gasteiger partial charge in [-0.2, -0.15) is 0 Å². The number of hydrogen-bond donors (Lipinski definition) is 4. The van der Waals surface area contributed by atoms with Gasteiger partial charge in [0.2, 0.25) is 0 Å². The van der Waals surface area contributed by atoms with Gasteiger partial charge in [0.1, 0.15) is 6.54 Å². The zero-order chi connectivity index (χ0) is 32.5. The summed E-state index contributed by atoms with van der Waals surface area (Å²) in [5, 5.41) is 24.7. The Kier molecular flexibility index (Phi) is 11.8. The minimum atomic E-state index is -0.573. The van der Waals surface area contributed by atoms with Crippen LogP contribution in [-0.2, 0) is 32.2 Å². The van der Waals surface area contributed by atoms with Crippen LogP contribution in [0.25, 0.3) is 11.1 Å². The first kappa shape index (κ1) is 33.6. The lowest BCUT2D eigenvalue weighted by atomic mass is 9.89. The van der Waals surface area contributed by atoms with Crippen LogP contribution < -0.4 is 10.6 Å². The summed E-state index contributed by atoms with van der Waals surface area (Å²) in [4.78, 5) is 25.9. The second kappa shape index (κ2) is 16.2. The Hall–Kier alpha value is -3.80. The highest BCUT2D eigenvalue weighted by Gasteiger charge is 2.40. The number of nitrogens with one attached hydrogen (secondary N) is 2. The number of carbonyl (C=O) groups excluding carboxylic acids is 2. The van der Waals surface area contributed by atoms with Gasteiger partial charge in [-0.05, 0) is 60.2 Å². The molecule has 5 atom stereocenters. The zero-order valence-corrected chi connectivity index (χ0v) is 26.6. The number of rotatable bonds is 12. The quantitative estimate of drug-likeness (QED) is 0.216. The summed E-state index contributed by atoms with van der Waals surface area (Å²) in [5.41, 5.74) is 5.74. The second-order valence-corrected chi connectivity index (χ2v) is 12.0. The maximum absolute atomic E-state index is 12.1. The Balaban J connectivity index is 1.28. The van der Waals surface area contributed by atoms with E-state index < -0.39 is 18.3 Å². The van der Waals surface area contributed by atoms with Gasteiger partial charge in [-0.3, -0.25) is 9.69 Å². The summed E-state index contributed by atoms with van der Waals surface area (Å²) < 4.78 is 18.1. The molecule has 10 nitrogen and oxygen atoms in total. The summed E-state index contributed by atoms with van der Waals surface area (Å²) in [6.07, 6.45) is 1.18. The van der Waals surface area contributed by atoms with Crippen LogP contribution in [0.5, 0.6) is 0 Å². The maximum atomic E-state index is 12.1. The van der Waals surface area contributed by atoms with Gasteiger partial charge in [0.25, 0.3) is 0 Å². The second-order valence-electron chi connectivity index (χ2n) is 12.0. The number of amides is 2. The minimum Gasteiger partial charge on any atom is -0.465 e. The summed E-state index contributed by atoms with van der Waals surface area (Å²) in [7, 11) is 0. The number of nitrogens with zero attached hydrogens (tertiary/aromatic N) is 1. The number of ether oxygens (including phenoxy) is 3. The van der Waals surface area contributed by atoms with Crippen LogP contribution >= 0.6 is 0 Å². The molecule has 46 heavy (non-hydrogen) atoms. The van der Waals surface area contributed by atoms with Gasteiger partial charge in [0.15, 0.2) is 6.29 Å². The van der Waals surface area contributed by atoms with E-state index in [1.807, 2.05) is 72.8 Å². The van der Waals surface area contributed by atoms with Gasteiger partial charge in [0, 0.05) is 30.6 Å². The molecule has 0 saturated carbocycles. The number of likely N-dealkylation sites (tertiary alicyclic amines) is 1. The van der Waals surface area contributed by atoms with Gasteiger partial charge in [-0.15, -0.1) is 0 Å². The molecular formula is C36H45N3O7. The number of esters is 1. The molecule has 4 N–H and O–H groups in total. The monoisotopic (exact) mass is 631 g/mol. The number of hydrogen-bond acceptors (Lipinski definition) is 8. The highest BCUT2D eigenvalue weighted by molar-refractivity contribution is 5.80. The maximum Gasteiger partial charge on any atom is 0.325 e. The van der Waals surface area contributed by atoms with Crippen LogP contribution in [0, 0.1) is 5.92 Å². The molecule has 3 aromatic rings. The number of carbonyl (C=O) groups is 2. The standard InChI is InChI=1S/C36H45N3O7/c1-3-44-33(42)20-38-36(43)37-19-26-6-4-7-30(18-26)27-13-15-29(16-14-27)35-45-32(21-39-17-5-8-31(39)23-41)24(2)34(46-35)28-11-9-25(22-40)10-12-28/h4,6-7,9-16,18,24,31-32,34-35,40-41H,3,5,8,17,19-23H2,1-2H3,(H2,37,38,43)/t24-,31+,32+,34+,35+/m1/s1. The molecule has 246 valence electrons. The van der Waals surface area contributed by atoms with Crippen LogP contribution in [-0.4, -0.2) is 72.1 Å². The summed E-state index contributed by atoms with van der Waals surface area (Å²) >= 11 is 0. The normalized spacial score (nSPS) is 23.2. The molecule has 10 heteroatoms. The van der Waals surface area contributed by atoms with Gasteiger partial charge in [-0.1, -0.05) is 73.7 Å². The smallest absolute Gasteiger partial charge is 0.325 e. The van der Waals surface area contributed by atoms with Crippen molar-refractivity contribution in [3.8, 4) is 11.1 Å². The fourth-order valence-corrected chi connectivity index (χ4v) is 6.20. The molecule has 0 spiro atoms. The molecule has 2 heterocycles. The van der Waals surface area contributed by atoms with E-state index in [-0.39, 0.29) is 50.5 Å². The molecular weight excluding hydrogens is 586 g/mol. The average molecular weight is 632 g/mol. The Bertz CT molecular complexity index is 1430. The Morgan fingerprint density at radius 3 is 2.41 bits per heavy atom. The first-order chi connectivity index (χ1) is 22.4. The Morgan fingerprint density at radius 2 is 1.70 bits per heavy atom. The zero-order valence-electron chi connectivity index (χ0n) is 26.6. The number of urea groups is 1. The molecule has 0 aliphatic carbocycles. The van der Waals surface area contributed by atoms with Crippen molar-refractivity contribution < 1.29 is 34.0 Å². The fourth-order valence-electron chi connectivity index (χ4n) is 6.20. The highest BCUT2D eigenvalue weighted by Crippen LogP contribution is 2.42. The van der Waals surface area contributed by atoms with Crippen molar-refractivity contribution in [2.24, 2.45) is 5.92 Å². The van der Waals surface area contributed by atoms with E-state index >= 15 is 0 Å². The van der Waals surface area contributed by atoms with Crippen LogP contribution in [0.15, 0.2) is 72.8 Å². The van der Waals surface area contributed by atoms with Crippen molar-refractivity contribution in [1.29, 1.82) is 0 Å². The average Bonchev–Trinajstić information content (AvgIpc) is 3.55. The van der Waals surface area contributed by atoms with E-state index in [2.05, 4.69) is 22.5 Å². The summed E-state index contributed by atoms with van der Waals surface area (Å²) in [5.74, 6) is -0.412. The first-order valence-corrected chi connectivity index (χ1v) is 16.1. The number of benzene rings is 3. The van der Waals surface area contributed by atoms with Gasteiger partial charge in [-0.25, -0.2) is 4.79 Å². The van der Waals surface area contributed by atoms with E-state index in [9.17, 15) is 19.8 Å². The Labute approximate surface area is 270 Å². The van der Waals surface area contributed by atoms with Crippen molar-refractivity contribution in [3.05, 3.63) is 95.1 Å². The predicted molar refractivity (Wildman–Crippen MR) is 173 cm³/mol. The van der Waals surface area contributed by atoms with Gasteiger partial charge >= 0.3 is 12.0 Å². The number of aliphatic hydroxyl groups excluding tert-OH is 2. The van der Waals surface area contributed by atoms with Crippen molar-refractivity contribution in [1.82, 2.24) is 15.5 Å². The van der Waals surface area contributed by atoms with Crippen LogP contribution in [0.2, 0.25) is 0 Å². The summed E-state index contributed by atoms with van der Waals surface area (Å²) in [6, 6.07) is 23.7. The molecule has 5 rings (SSSR count). The van der Waals surface area contributed by atoms with E-state index in [0.717, 1.165) is 59.3 Å². The molecule has 2 aliphatic rings. The highest BCUT2D eigenvalue weighted by atomic mass is 16.7. The van der Waals surface area contributed by atoms with E-state index in [1.165, 1.54) is 0 Å². The molecule has 2 saturated heterocycles. The lowest BCUT2D eigenvalue weighted by molar-refractivity contribution is -0.276. The largest absolute Gasteiger partial charge is 0.465 e. The van der Waals surface area contributed by atoms with Gasteiger partial charge in [0.05, 0.1) is 32.0 Å². The minimum absolute atomic E-state index is 0.00848. The summed E-state index contributed by atoms with van der Waals surface area (Å²) in [6.45, 7) is 6.06. The van der Waals surface area contributed by atoms with Gasteiger partial charge < -0.3 is 35.1 Å². The van der Waals surface area contributed by atoms with Crippen LogP contribution in [0.1, 0.15) is 61.3 Å². The van der Waals surface area contributed by atoms with Crippen molar-refractivity contribution in [2.75, 3.05) is 32.8 Å². The lowest BCUT2D eigenvalue weighted by Gasteiger charge is -2.43. The van der Waals surface area contributed by atoms with Crippen LogP contribution in [0.4, 0.5) is 4.79 Å². The molecule has 2 amide bonds. The topological polar surface area (TPSA) is 130 Å². The molecule has 0 unspecified atom stereocenters. The van der Waals surface area contributed by atoms with Crippen LogP contribution in [0.3, 0.4) is 0 Å². The molecule has 0 bridgehead atoms. The van der Waals surface area contributed by atoms with Crippen molar-refractivity contribution >= 4 is 12.0 Å². The predicted octanol–water partition coefficient (Wildman–Crippen LogP) is 4.46. The van der Waals surface area contributed by atoms with E-state index in [1.54, 1.807) is 6.92 Å². The third-order valence-electron chi connectivity index (χ3n) is 8.84. The Morgan fingerprint density at radius 1 is 0.935 bits per heavy atom. The molecule has 3 aromatic carbocycles. The third-order valence-corrected chi connectivity index (χ3v) is 8.84. The molecule has 2 aliphatic heterocycles. The molecule has 0 radical (unpaired) electrons. The SMILES string of the molecule is CCOC(=O)CNC(=O)NCc1cccc(-c2ccc([C@H]3O[C@@H](CN4CCC[C@H]4CO)[C@@H](C)[C@@H](c4ccc(CO)cc4)O3)cc2)c1.